The Morgan fingerprint density at radius 2 is 2.20 bits per heavy atom. The Hall–Kier alpha value is -0.910. The maximum absolute atomic E-state index is 11.1. The number of thiophene rings is 1. The molecule has 0 unspecified atom stereocenters. The molecule has 2 heterocycles. The van der Waals surface area contributed by atoms with E-state index in [0.717, 1.165) is 37.5 Å². The lowest BCUT2D eigenvalue weighted by Crippen LogP contribution is -2.43. The van der Waals surface area contributed by atoms with E-state index in [-0.39, 0.29) is 0 Å². The zero-order valence-electron chi connectivity index (χ0n) is 12.3. The molecular weight excluding hydrogens is 272 g/mol. The number of rotatable bonds is 6. The SMILES string of the molecule is CCCN(Cc1cc(C(=O)O)sc1C)C1CCNCC1. The van der Waals surface area contributed by atoms with Crippen LogP contribution in [-0.2, 0) is 6.54 Å². The average molecular weight is 296 g/mol. The predicted octanol–water partition coefficient (Wildman–Crippen LogP) is 2.72. The topological polar surface area (TPSA) is 52.6 Å². The summed E-state index contributed by atoms with van der Waals surface area (Å²) in [7, 11) is 0. The number of nitrogens with zero attached hydrogens (tertiary/aromatic N) is 1. The van der Waals surface area contributed by atoms with Crippen molar-refractivity contribution in [3.8, 4) is 0 Å². The Balaban J connectivity index is 2.08. The van der Waals surface area contributed by atoms with Gasteiger partial charge in [0.2, 0.25) is 0 Å². The molecule has 0 aliphatic carbocycles. The summed E-state index contributed by atoms with van der Waals surface area (Å²) < 4.78 is 0. The molecule has 4 nitrogen and oxygen atoms in total. The highest BCUT2D eigenvalue weighted by Crippen LogP contribution is 2.25. The van der Waals surface area contributed by atoms with Gasteiger partial charge < -0.3 is 10.4 Å². The summed E-state index contributed by atoms with van der Waals surface area (Å²) >= 11 is 1.39. The van der Waals surface area contributed by atoms with Crippen LogP contribution < -0.4 is 5.32 Å². The molecule has 0 radical (unpaired) electrons. The van der Waals surface area contributed by atoms with E-state index in [1.54, 1.807) is 0 Å². The molecular formula is C15H24N2O2S. The van der Waals surface area contributed by atoms with Gasteiger partial charge in [0, 0.05) is 17.5 Å². The van der Waals surface area contributed by atoms with Crippen LogP contribution in [0.15, 0.2) is 6.07 Å². The second-order valence-electron chi connectivity index (χ2n) is 5.45. The van der Waals surface area contributed by atoms with E-state index in [4.69, 9.17) is 5.11 Å². The molecule has 2 N–H and O–H groups in total. The highest BCUT2D eigenvalue weighted by atomic mass is 32.1. The lowest BCUT2D eigenvalue weighted by Gasteiger charge is -2.34. The molecule has 0 atom stereocenters. The standard InChI is InChI=1S/C15H24N2O2S/c1-3-8-17(13-4-6-16-7-5-13)10-12-9-14(15(18)19)20-11(12)2/h9,13,16H,3-8,10H2,1-2H3,(H,18,19). The number of carbonyl (C=O) groups is 1. The van der Waals surface area contributed by atoms with Crippen LogP contribution in [0.1, 0.15) is 46.3 Å². The van der Waals surface area contributed by atoms with Gasteiger partial charge in [-0.05, 0) is 57.5 Å². The Labute approximate surface area is 124 Å². The number of hydrogen-bond acceptors (Lipinski definition) is 4. The molecule has 0 bridgehead atoms. The predicted molar refractivity (Wildman–Crippen MR) is 82.6 cm³/mol. The lowest BCUT2D eigenvalue weighted by atomic mass is 10.0. The summed E-state index contributed by atoms with van der Waals surface area (Å²) in [6.45, 7) is 8.38. The normalized spacial score (nSPS) is 16.8. The van der Waals surface area contributed by atoms with Gasteiger partial charge in [0.1, 0.15) is 4.88 Å². The maximum Gasteiger partial charge on any atom is 0.345 e. The summed E-state index contributed by atoms with van der Waals surface area (Å²) in [6, 6.07) is 2.48. The van der Waals surface area contributed by atoms with Crippen LogP contribution in [0.4, 0.5) is 0 Å². The smallest absolute Gasteiger partial charge is 0.345 e. The zero-order valence-corrected chi connectivity index (χ0v) is 13.1. The molecule has 1 aliphatic heterocycles. The third kappa shape index (κ3) is 3.81. The largest absolute Gasteiger partial charge is 0.477 e. The molecule has 1 fully saturated rings. The first-order valence-corrected chi connectivity index (χ1v) is 8.20. The van der Waals surface area contributed by atoms with Crippen molar-refractivity contribution in [1.29, 1.82) is 0 Å². The van der Waals surface area contributed by atoms with Crippen molar-refractivity contribution in [3.05, 3.63) is 21.4 Å². The highest BCUT2D eigenvalue weighted by molar-refractivity contribution is 7.14. The Kier molecular flexibility index (Phi) is 5.57. The second-order valence-corrected chi connectivity index (χ2v) is 6.71. The van der Waals surface area contributed by atoms with Crippen LogP contribution >= 0.6 is 11.3 Å². The Morgan fingerprint density at radius 1 is 1.50 bits per heavy atom. The van der Waals surface area contributed by atoms with Gasteiger partial charge in [-0.1, -0.05) is 6.92 Å². The fourth-order valence-electron chi connectivity index (χ4n) is 2.85. The van der Waals surface area contributed by atoms with Gasteiger partial charge in [-0.2, -0.15) is 0 Å². The van der Waals surface area contributed by atoms with Crippen molar-refractivity contribution in [2.24, 2.45) is 0 Å². The zero-order chi connectivity index (χ0) is 14.5. The van der Waals surface area contributed by atoms with Crippen LogP contribution in [-0.4, -0.2) is 41.7 Å². The maximum atomic E-state index is 11.1. The van der Waals surface area contributed by atoms with Crippen LogP contribution in [0.5, 0.6) is 0 Å². The number of aromatic carboxylic acids is 1. The summed E-state index contributed by atoms with van der Waals surface area (Å²) in [5, 5.41) is 12.5. The molecule has 0 spiro atoms. The van der Waals surface area contributed by atoms with Gasteiger partial charge in [0.25, 0.3) is 0 Å². The molecule has 112 valence electrons. The number of aryl methyl sites for hydroxylation is 1. The summed E-state index contributed by atoms with van der Waals surface area (Å²) in [5.41, 5.74) is 1.18. The van der Waals surface area contributed by atoms with E-state index in [0.29, 0.717) is 10.9 Å². The van der Waals surface area contributed by atoms with E-state index < -0.39 is 5.97 Å². The minimum Gasteiger partial charge on any atom is -0.477 e. The van der Waals surface area contributed by atoms with Gasteiger partial charge in [-0.3, -0.25) is 4.90 Å². The monoisotopic (exact) mass is 296 g/mol. The summed E-state index contributed by atoms with van der Waals surface area (Å²) in [4.78, 5) is 15.2. The van der Waals surface area contributed by atoms with Crippen LogP contribution in [0.2, 0.25) is 0 Å². The van der Waals surface area contributed by atoms with Crippen molar-refractivity contribution >= 4 is 17.3 Å². The molecule has 0 aromatic carbocycles. The number of hydrogen-bond donors (Lipinski definition) is 2. The first-order chi connectivity index (χ1) is 9.61. The van der Waals surface area contributed by atoms with Crippen molar-refractivity contribution in [2.75, 3.05) is 19.6 Å². The Morgan fingerprint density at radius 3 is 2.75 bits per heavy atom. The molecule has 0 amide bonds. The highest BCUT2D eigenvalue weighted by Gasteiger charge is 2.22. The Bertz CT molecular complexity index is 453. The van der Waals surface area contributed by atoms with Crippen molar-refractivity contribution in [2.45, 2.75) is 45.7 Å². The summed E-state index contributed by atoms with van der Waals surface area (Å²) in [5.74, 6) is -0.812. The average Bonchev–Trinajstić information content (AvgIpc) is 2.81. The number of carboxylic acids is 1. The third-order valence-electron chi connectivity index (χ3n) is 3.94. The fraction of sp³-hybridized carbons (Fsp3) is 0.667. The van der Waals surface area contributed by atoms with Gasteiger partial charge in [0.15, 0.2) is 0 Å². The van der Waals surface area contributed by atoms with E-state index in [2.05, 4.69) is 17.1 Å². The van der Waals surface area contributed by atoms with Gasteiger partial charge in [-0.15, -0.1) is 11.3 Å². The lowest BCUT2D eigenvalue weighted by molar-refractivity contribution is 0.0702. The number of nitrogens with one attached hydrogen (secondary N) is 1. The molecule has 20 heavy (non-hydrogen) atoms. The van der Waals surface area contributed by atoms with Crippen molar-refractivity contribution < 1.29 is 9.90 Å². The van der Waals surface area contributed by atoms with Crippen LogP contribution in [0.3, 0.4) is 0 Å². The minimum atomic E-state index is -0.812. The first-order valence-electron chi connectivity index (χ1n) is 7.39. The van der Waals surface area contributed by atoms with Crippen molar-refractivity contribution in [3.63, 3.8) is 0 Å². The number of carboxylic acid groups (broad SMARTS) is 1. The first kappa shape index (κ1) is 15.5. The minimum absolute atomic E-state index is 0.458. The van der Waals surface area contributed by atoms with E-state index in [1.807, 2.05) is 13.0 Å². The quantitative estimate of drug-likeness (QED) is 0.847. The summed E-state index contributed by atoms with van der Waals surface area (Å²) in [6.07, 6.45) is 3.52. The molecule has 1 aliphatic rings. The van der Waals surface area contributed by atoms with Crippen molar-refractivity contribution in [1.82, 2.24) is 10.2 Å². The second kappa shape index (κ2) is 7.20. The molecule has 2 rings (SSSR count). The van der Waals surface area contributed by atoms with E-state index in [9.17, 15) is 4.79 Å². The number of piperidine rings is 1. The van der Waals surface area contributed by atoms with Gasteiger partial charge in [-0.25, -0.2) is 4.79 Å². The molecule has 1 saturated heterocycles. The van der Waals surface area contributed by atoms with Gasteiger partial charge in [0.05, 0.1) is 0 Å². The van der Waals surface area contributed by atoms with Crippen LogP contribution in [0, 0.1) is 6.92 Å². The van der Waals surface area contributed by atoms with E-state index in [1.165, 1.54) is 29.7 Å². The molecule has 1 aromatic rings. The molecule has 0 saturated carbocycles. The molecule has 1 aromatic heterocycles. The molecule has 5 heteroatoms. The van der Waals surface area contributed by atoms with Gasteiger partial charge >= 0.3 is 5.97 Å². The van der Waals surface area contributed by atoms with Crippen LogP contribution in [0.25, 0.3) is 0 Å². The third-order valence-corrected chi connectivity index (χ3v) is 5.02. The van der Waals surface area contributed by atoms with E-state index >= 15 is 0 Å². The fourth-order valence-corrected chi connectivity index (χ4v) is 3.72.